The number of benzene rings is 3. The first-order chi connectivity index (χ1) is 19.6. The van der Waals surface area contributed by atoms with Crippen molar-refractivity contribution in [2.75, 3.05) is 24.5 Å². The first-order valence-electron chi connectivity index (χ1n) is 14.0. The van der Waals surface area contributed by atoms with Crippen molar-refractivity contribution in [2.45, 2.75) is 64.4 Å². The van der Waals surface area contributed by atoms with E-state index < -0.39 is 28.5 Å². The third-order valence-electron chi connectivity index (χ3n) is 7.04. The van der Waals surface area contributed by atoms with Crippen LogP contribution in [0.25, 0.3) is 0 Å². The molecular weight excluding hydrogens is 538 g/mol. The van der Waals surface area contributed by atoms with Gasteiger partial charge in [-0.05, 0) is 68.1 Å². The summed E-state index contributed by atoms with van der Waals surface area (Å²) in [7, 11) is -2.53. The topological polar surface area (TPSA) is 96.0 Å². The van der Waals surface area contributed by atoms with Crippen LogP contribution >= 0.6 is 0 Å². The van der Waals surface area contributed by atoms with Gasteiger partial charge in [-0.2, -0.15) is 0 Å². The van der Waals surface area contributed by atoms with Gasteiger partial charge in [-0.1, -0.05) is 68.3 Å². The average Bonchev–Trinajstić information content (AvgIpc) is 2.98. The average molecular weight is 580 g/mol. The summed E-state index contributed by atoms with van der Waals surface area (Å²) >= 11 is 0. The Labute approximate surface area is 244 Å². The summed E-state index contributed by atoms with van der Waals surface area (Å²) in [6.45, 7) is 7.69. The summed E-state index contributed by atoms with van der Waals surface area (Å²) in [6.07, 6.45) is 2.32. The molecule has 0 spiro atoms. The summed E-state index contributed by atoms with van der Waals surface area (Å²) in [4.78, 5) is 28.7. The molecule has 0 fully saturated rings. The molecule has 220 valence electrons. The lowest BCUT2D eigenvalue weighted by Crippen LogP contribution is -2.51. The van der Waals surface area contributed by atoms with Gasteiger partial charge in [0.1, 0.15) is 18.3 Å². The Kier molecular flexibility index (Phi) is 11.3. The zero-order valence-electron chi connectivity index (χ0n) is 24.6. The van der Waals surface area contributed by atoms with Crippen molar-refractivity contribution < 1.29 is 22.7 Å². The molecular formula is C32H41N3O5S. The van der Waals surface area contributed by atoms with Gasteiger partial charge in [0.2, 0.25) is 11.8 Å². The van der Waals surface area contributed by atoms with Crippen LogP contribution in [0.4, 0.5) is 5.69 Å². The van der Waals surface area contributed by atoms with Crippen LogP contribution in [0.2, 0.25) is 0 Å². The second-order valence-corrected chi connectivity index (χ2v) is 11.9. The number of sulfonamides is 1. The molecule has 3 aromatic carbocycles. The lowest BCUT2D eigenvalue weighted by molar-refractivity contribution is -0.139. The largest absolute Gasteiger partial charge is 0.497 e. The number of amides is 2. The van der Waals surface area contributed by atoms with Crippen molar-refractivity contribution in [3.63, 3.8) is 0 Å². The van der Waals surface area contributed by atoms with E-state index in [1.165, 1.54) is 9.21 Å². The Bertz CT molecular complexity index is 1410. The summed E-state index contributed by atoms with van der Waals surface area (Å²) in [5.41, 5.74) is 2.94. The SMILES string of the molecule is CCCCNC(=O)[C@@H](C)N(Cc1ccc(OC)cc1)C(=O)CN(c1ccccc1CC)S(=O)(=O)c1ccc(C)cc1. The standard InChI is InChI=1S/C32H41N3O5S/c1-6-8-21-33-32(37)25(4)34(22-26-15-17-28(40-5)18-16-26)31(36)23-35(30-12-10-9-11-27(30)7-2)41(38,39)29-19-13-24(3)14-20-29/h9-20,25H,6-8,21-23H2,1-5H3,(H,33,37)/t25-/m1/s1. The number of aryl methyl sites for hydroxylation is 2. The van der Waals surface area contributed by atoms with E-state index in [4.69, 9.17) is 4.74 Å². The van der Waals surface area contributed by atoms with Crippen LogP contribution in [0.3, 0.4) is 0 Å². The molecule has 1 N–H and O–H groups in total. The van der Waals surface area contributed by atoms with Crippen molar-refractivity contribution in [1.29, 1.82) is 0 Å². The summed E-state index contributed by atoms with van der Waals surface area (Å²) in [6, 6.07) is 20.2. The molecule has 0 radical (unpaired) electrons. The second-order valence-electron chi connectivity index (χ2n) is 10.00. The molecule has 0 aliphatic carbocycles. The van der Waals surface area contributed by atoms with E-state index in [0.717, 1.165) is 29.5 Å². The van der Waals surface area contributed by atoms with Crippen LogP contribution < -0.4 is 14.4 Å². The van der Waals surface area contributed by atoms with E-state index in [1.54, 1.807) is 62.6 Å². The van der Waals surface area contributed by atoms with Crippen LogP contribution in [0.1, 0.15) is 50.3 Å². The molecule has 0 aromatic heterocycles. The maximum Gasteiger partial charge on any atom is 0.264 e. The van der Waals surface area contributed by atoms with Crippen molar-refractivity contribution in [3.05, 3.63) is 89.5 Å². The van der Waals surface area contributed by atoms with Crippen LogP contribution in [0.5, 0.6) is 5.75 Å². The number of hydrogen-bond acceptors (Lipinski definition) is 5. The number of unbranched alkanes of at least 4 members (excludes halogenated alkanes) is 1. The smallest absolute Gasteiger partial charge is 0.264 e. The second kappa shape index (κ2) is 14.7. The third-order valence-corrected chi connectivity index (χ3v) is 8.81. The fraction of sp³-hybridized carbons (Fsp3) is 0.375. The van der Waals surface area contributed by atoms with E-state index in [9.17, 15) is 18.0 Å². The molecule has 2 amide bonds. The van der Waals surface area contributed by atoms with Crippen molar-refractivity contribution in [1.82, 2.24) is 10.2 Å². The molecule has 0 heterocycles. The molecule has 3 rings (SSSR count). The zero-order chi connectivity index (χ0) is 30.0. The van der Waals surface area contributed by atoms with E-state index in [1.807, 2.05) is 45.0 Å². The number of para-hydroxylation sites is 1. The highest BCUT2D eigenvalue weighted by Crippen LogP contribution is 2.28. The van der Waals surface area contributed by atoms with Gasteiger partial charge in [-0.25, -0.2) is 8.42 Å². The van der Waals surface area contributed by atoms with Crippen molar-refractivity contribution in [2.24, 2.45) is 0 Å². The minimum atomic E-state index is -4.11. The maximum atomic E-state index is 14.1. The van der Waals surface area contributed by atoms with Gasteiger partial charge in [0.05, 0.1) is 17.7 Å². The lowest BCUT2D eigenvalue weighted by Gasteiger charge is -2.32. The Balaban J connectivity index is 2.03. The van der Waals surface area contributed by atoms with Crippen LogP contribution in [-0.4, -0.2) is 51.4 Å². The van der Waals surface area contributed by atoms with Crippen molar-refractivity contribution >= 4 is 27.5 Å². The highest BCUT2D eigenvalue weighted by molar-refractivity contribution is 7.92. The van der Waals surface area contributed by atoms with Crippen LogP contribution in [0, 0.1) is 6.92 Å². The monoisotopic (exact) mass is 579 g/mol. The number of nitrogens with one attached hydrogen (secondary N) is 1. The van der Waals surface area contributed by atoms with Gasteiger partial charge in [0.25, 0.3) is 10.0 Å². The number of methoxy groups -OCH3 is 1. The number of rotatable bonds is 14. The predicted octanol–water partition coefficient (Wildman–Crippen LogP) is 5.09. The highest BCUT2D eigenvalue weighted by Gasteiger charge is 2.33. The maximum absolute atomic E-state index is 14.1. The van der Waals surface area contributed by atoms with Gasteiger partial charge in [-0.3, -0.25) is 13.9 Å². The lowest BCUT2D eigenvalue weighted by atomic mass is 10.1. The van der Waals surface area contributed by atoms with Gasteiger partial charge in [-0.15, -0.1) is 0 Å². The molecule has 41 heavy (non-hydrogen) atoms. The molecule has 0 aliphatic rings. The van der Waals surface area contributed by atoms with Crippen molar-refractivity contribution in [3.8, 4) is 5.75 Å². The number of carbonyl (C=O) groups excluding carboxylic acids is 2. The predicted molar refractivity (Wildman–Crippen MR) is 162 cm³/mol. The first kappa shape index (κ1) is 31.7. The third kappa shape index (κ3) is 8.10. The number of carbonyl (C=O) groups is 2. The molecule has 0 bridgehead atoms. The number of anilines is 1. The van der Waals surface area contributed by atoms with E-state index >= 15 is 0 Å². The minimum absolute atomic E-state index is 0.0915. The van der Waals surface area contributed by atoms with E-state index in [-0.39, 0.29) is 17.3 Å². The Morgan fingerprint density at radius 2 is 1.61 bits per heavy atom. The molecule has 0 saturated heterocycles. The summed E-state index contributed by atoms with van der Waals surface area (Å²) < 4.78 is 34.5. The zero-order valence-corrected chi connectivity index (χ0v) is 25.4. The fourth-order valence-corrected chi connectivity index (χ4v) is 5.90. The summed E-state index contributed by atoms with van der Waals surface area (Å²) in [5, 5.41) is 2.90. The Morgan fingerprint density at radius 1 is 0.951 bits per heavy atom. The van der Waals surface area contributed by atoms with Gasteiger partial charge < -0.3 is 15.0 Å². The molecule has 3 aromatic rings. The number of hydrogen-bond donors (Lipinski definition) is 1. The fourth-order valence-electron chi connectivity index (χ4n) is 4.45. The van der Waals surface area contributed by atoms with E-state index in [2.05, 4.69) is 5.32 Å². The summed E-state index contributed by atoms with van der Waals surface area (Å²) in [5.74, 6) is -0.105. The Hall–Kier alpha value is -3.85. The van der Waals surface area contributed by atoms with E-state index in [0.29, 0.717) is 24.4 Å². The minimum Gasteiger partial charge on any atom is -0.497 e. The van der Waals surface area contributed by atoms with Crippen LogP contribution in [0.15, 0.2) is 77.7 Å². The molecule has 8 nitrogen and oxygen atoms in total. The van der Waals surface area contributed by atoms with Gasteiger partial charge in [0, 0.05) is 13.1 Å². The van der Waals surface area contributed by atoms with Crippen LogP contribution in [-0.2, 0) is 32.6 Å². The highest BCUT2D eigenvalue weighted by atomic mass is 32.2. The normalized spacial score (nSPS) is 11.9. The van der Waals surface area contributed by atoms with Gasteiger partial charge in [0.15, 0.2) is 0 Å². The first-order valence-corrected chi connectivity index (χ1v) is 15.4. The molecule has 0 saturated carbocycles. The molecule has 0 aliphatic heterocycles. The molecule has 9 heteroatoms. The van der Waals surface area contributed by atoms with Gasteiger partial charge >= 0.3 is 0 Å². The quantitative estimate of drug-likeness (QED) is 0.268. The number of ether oxygens (including phenoxy) is 1. The molecule has 1 atom stereocenters. The number of nitrogens with zero attached hydrogens (tertiary/aromatic N) is 2. The molecule has 0 unspecified atom stereocenters. The Morgan fingerprint density at radius 3 is 2.22 bits per heavy atom.